The molecule has 7 heteroatoms. The van der Waals surface area contributed by atoms with E-state index < -0.39 is 12.0 Å². The highest BCUT2D eigenvalue weighted by Crippen LogP contribution is 2.22. The van der Waals surface area contributed by atoms with Crippen molar-refractivity contribution in [2.75, 3.05) is 6.54 Å². The Morgan fingerprint density at radius 2 is 2.28 bits per heavy atom. The number of aliphatic carboxylic acids is 1. The summed E-state index contributed by atoms with van der Waals surface area (Å²) >= 11 is 1.04. The fraction of sp³-hybridized carbons (Fsp3) is 0.636. The Balaban J connectivity index is 2.23. The number of hydrogen-bond acceptors (Lipinski definition) is 5. The molecule has 2 rings (SSSR count). The Hall–Kier alpha value is -1.50. The monoisotopic (exact) mass is 269 g/mol. The first-order valence-corrected chi connectivity index (χ1v) is 6.77. The van der Waals surface area contributed by atoms with Crippen LogP contribution < -0.4 is 0 Å². The van der Waals surface area contributed by atoms with E-state index in [1.807, 2.05) is 6.92 Å². The van der Waals surface area contributed by atoms with Gasteiger partial charge in [0, 0.05) is 6.54 Å². The van der Waals surface area contributed by atoms with Gasteiger partial charge in [0.1, 0.15) is 10.9 Å². The summed E-state index contributed by atoms with van der Waals surface area (Å²) in [5, 5.41) is 13.1. The highest BCUT2D eigenvalue weighted by Gasteiger charge is 2.34. The van der Waals surface area contributed by atoms with Crippen LogP contribution in [0.15, 0.2) is 0 Å². The van der Waals surface area contributed by atoms with Gasteiger partial charge in [0.25, 0.3) is 5.91 Å². The fourth-order valence-corrected chi connectivity index (χ4v) is 2.87. The number of aryl methyl sites for hydroxylation is 1. The van der Waals surface area contributed by atoms with Crippen molar-refractivity contribution in [3.8, 4) is 0 Å². The van der Waals surface area contributed by atoms with Crippen molar-refractivity contribution in [1.82, 2.24) is 14.5 Å². The summed E-state index contributed by atoms with van der Waals surface area (Å²) in [5.74, 6) is -1.17. The average Bonchev–Trinajstić information content (AvgIpc) is 2.86. The van der Waals surface area contributed by atoms with Gasteiger partial charge in [-0.25, -0.2) is 4.79 Å². The van der Waals surface area contributed by atoms with Crippen LogP contribution in [0.1, 0.15) is 41.6 Å². The summed E-state index contributed by atoms with van der Waals surface area (Å²) in [6.45, 7) is 2.40. The molecule has 0 aromatic carbocycles. The summed E-state index contributed by atoms with van der Waals surface area (Å²) in [6.07, 6.45) is 2.85. The Labute approximate surface area is 109 Å². The summed E-state index contributed by atoms with van der Waals surface area (Å²) in [6, 6.07) is -0.710. The number of nitrogens with zero attached hydrogens (tertiary/aromatic N) is 3. The SMILES string of the molecule is CCc1nnsc1C(=O)N1CCCC[C@@H]1C(=O)O. The zero-order chi connectivity index (χ0) is 13.1. The molecule has 0 bridgehead atoms. The molecule has 1 aromatic heterocycles. The minimum absolute atomic E-state index is 0.242. The lowest BCUT2D eigenvalue weighted by Crippen LogP contribution is -2.48. The zero-order valence-electron chi connectivity index (χ0n) is 10.1. The second-order valence-electron chi connectivity index (χ2n) is 4.25. The first kappa shape index (κ1) is 12.9. The summed E-state index contributed by atoms with van der Waals surface area (Å²) < 4.78 is 3.78. The van der Waals surface area contributed by atoms with E-state index in [4.69, 9.17) is 5.11 Å². The van der Waals surface area contributed by atoms with Crippen LogP contribution in [0.25, 0.3) is 0 Å². The maximum atomic E-state index is 12.3. The third kappa shape index (κ3) is 2.35. The topological polar surface area (TPSA) is 83.4 Å². The molecule has 0 unspecified atom stereocenters. The largest absolute Gasteiger partial charge is 0.480 e. The highest BCUT2D eigenvalue weighted by atomic mass is 32.1. The number of hydrogen-bond donors (Lipinski definition) is 1. The van der Waals surface area contributed by atoms with Crippen molar-refractivity contribution in [3.63, 3.8) is 0 Å². The van der Waals surface area contributed by atoms with Crippen LogP contribution >= 0.6 is 11.5 Å². The van der Waals surface area contributed by atoms with Gasteiger partial charge >= 0.3 is 5.97 Å². The number of piperidine rings is 1. The van der Waals surface area contributed by atoms with E-state index in [0.717, 1.165) is 24.4 Å². The summed E-state index contributed by atoms with van der Waals surface area (Å²) in [5.41, 5.74) is 0.653. The smallest absolute Gasteiger partial charge is 0.326 e. The number of likely N-dealkylation sites (tertiary alicyclic amines) is 1. The molecule has 98 valence electrons. The molecule has 0 radical (unpaired) electrons. The molecule has 18 heavy (non-hydrogen) atoms. The number of amides is 1. The maximum Gasteiger partial charge on any atom is 0.326 e. The Bertz CT molecular complexity index is 460. The molecule has 1 atom stereocenters. The third-order valence-corrected chi connectivity index (χ3v) is 3.89. The van der Waals surface area contributed by atoms with Crippen molar-refractivity contribution in [3.05, 3.63) is 10.6 Å². The van der Waals surface area contributed by atoms with Gasteiger partial charge in [-0.15, -0.1) is 5.10 Å². The van der Waals surface area contributed by atoms with Gasteiger partial charge in [-0.3, -0.25) is 4.79 Å². The molecule has 1 amide bonds. The average molecular weight is 269 g/mol. The third-order valence-electron chi connectivity index (χ3n) is 3.13. The predicted molar refractivity (Wildman–Crippen MR) is 65.6 cm³/mol. The van der Waals surface area contributed by atoms with Crippen LogP contribution in [0.4, 0.5) is 0 Å². The number of aromatic nitrogens is 2. The highest BCUT2D eigenvalue weighted by molar-refractivity contribution is 7.08. The molecule has 1 fully saturated rings. The molecule has 0 saturated carbocycles. The van der Waals surface area contributed by atoms with Crippen LogP contribution in [-0.2, 0) is 11.2 Å². The number of rotatable bonds is 3. The molecular weight excluding hydrogens is 254 g/mol. The lowest BCUT2D eigenvalue weighted by molar-refractivity contribution is -0.143. The Kier molecular flexibility index (Phi) is 3.90. The van der Waals surface area contributed by atoms with Gasteiger partial charge in [0.05, 0.1) is 5.69 Å². The first-order valence-electron chi connectivity index (χ1n) is 6.00. The van der Waals surface area contributed by atoms with Gasteiger partial charge < -0.3 is 10.0 Å². The number of carbonyl (C=O) groups excluding carboxylic acids is 1. The molecule has 1 aliphatic heterocycles. The number of carboxylic acids is 1. The van der Waals surface area contributed by atoms with Crippen molar-refractivity contribution in [1.29, 1.82) is 0 Å². The van der Waals surface area contributed by atoms with Gasteiger partial charge in [0.15, 0.2) is 0 Å². The lowest BCUT2D eigenvalue weighted by atomic mass is 10.0. The lowest BCUT2D eigenvalue weighted by Gasteiger charge is -2.32. The van der Waals surface area contributed by atoms with Gasteiger partial charge in [-0.1, -0.05) is 11.4 Å². The van der Waals surface area contributed by atoms with E-state index in [9.17, 15) is 9.59 Å². The van der Waals surface area contributed by atoms with Crippen molar-refractivity contribution in [2.45, 2.75) is 38.6 Å². The molecule has 1 aromatic rings. The molecule has 6 nitrogen and oxygen atoms in total. The van der Waals surface area contributed by atoms with Gasteiger partial charge in [-0.05, 0) is 37.2 Å². The number of carbonyl (C=O) groups is 2. The molecule has 0 spiro atoms. The van der Waals surface area contributed by atoms with Crippen molar-refractivity contribution in [2.24, 2.45) is 0 Å². The van der Waals surface area contributed by atoms with E-state index in [1.54, 1.807) is 0 Å². The minimum atomic E-state index is -0.932. The normalized spacial score (nSPS) is 19.8. The van der Waals surface area contributed by atoms with Crippen LogP contribution in [0.5, 0.6) is 0 Å². The van der Waals surface area contributed by atoms with E-state index in [0.29, 0.717) is 30.0 Å². The van der Waals surface area contributed by atoms with Gasteiger partial charge in [-0.2, -0.15) is 0 Å². The molecule has 1 aliphatic rings. The van der Waals surface area contributed by atoms with Crippen LogP contribution in [-0.4, -0.2) is 44.1 Å². The van der Waals surface area contributed by atoms with E-state index >= 15 is 0 Å². The maximum absolute atomic E-state index is 12.3. The van der Waals surface area contributed by atoms with E-state index in [-0.39, 0.29) is 5.91 Å². The second kappa shape index (κ2) is 5.43. The fourth-order valence-electron chi connectivity index (χ4n) is 2.16. The second-order valence-corrected chi connectivity index (χ2v) is 5.00. The van der Waals surface area contributed by atoms with Crippen LogP contribution in [0.3, 0.4) is 0 Å². The standard InChI is InChI=1S/C11H15N3O3S/c1-2-7-9(18-13-12-7)10(15)14-6-4-3-5-8(14)11(16)17/h8H,2-6H2,1H3,(H,16,17)/t8-/m1/s1. The van der Waals surface area contributed by atoms with Crippen LogP contribution in [0.2, 0.25) is 0 Å². The number of carboxylic acid groups (broad SMARTS) is 1. The van der Waals surface area contributed by atoms with Gasteiger partial charge in [0.2, 0.25) is 0 Å². The molecule has 1 saturated heterocycles. The van der Waals surface area contributed by atoms with E-state index in [2.05, 4.69) is 9.59 Å². The molecular formula is C11H15N3O3S. The van der Waals surface area contributed by atoms with Crippen molar-refractivity contribution >= 4 is 23.4 Å². The summed E-state index contributed by atoms with van der Waals surface area (Å²) in [4.78, 5) is 25.4. The van der Waals surface area contributed by atoms with Crippen molar-refractivity contribution < 1.29 is 14.7 Å². The molecule has 2 heterocycles. The molecule has 0 aliphatic carbocycles. The quantitative estimate of drug-likeness (QED) is 0.890. The summed E-state index contributed by atoms with van der Waals surface area (Å²) in [7, 11) is 0. The predicted octanol–water partition coefficient (Wildman–Crippen LogP) is 1.18. The zero-order valence-corrected chi connectivity index (χ0v) is 10.9. The van der Waals surface area contributed by atoms with Crippen LogP contribution in [0, 0.1) is 0 Å². The Morgan fingerprint density at radius 1 is 1.50 bits per heavy atom. The molecule has 1 N–H and O–H groups in total. The Morgan fingerprint density at radius 3 is 2.94 bits per heavy atom. The minimum Gasteiger partial charge on any atom is -0.480 e. The first-order chi connectivity index (χ1) is 8.65. The van der Waals surface area contributed by atoms with E-state index in [1.165, 1.54) is 4.90 Å².